The molecule has 0 aliphatic carbocycles. The second-order valence-electron chi connectivity index (χ2n) is 4.74. The van der Waals surface area contributed by atoms with Gasteiger partial charge in [-0.25, -0.2) is 8.78 Å². The van der Waals surface area contributed by atoms with Crippen LogP contribution in [0.3, 0.4) is 0 Å². The Balaban J connectivity index is 2.25. The zero-order chi connectivity index (χ0) is 14.7. The summed E-state index contributed by atoms with van der Waals surface area (Å²) in [4.78, 5) is 0. The summed E-state index contributed by atoms with van der Waals surface area (Å²) in [7, 11) is 1.42. The number of benzene rings is 2. The van der Waals surface area contributed by atoms with Crippen molar-refractivity contribution in [1.82, 2.24) is 0 Å². The summed E-state index contributed by atoms with van der Waals surface area (Å²) in [5.41, 5.74) is 8.17. The molecule has 0 saturated heterocycles. The molecule has 0 bridgehead atoms. The van der Waals surface area contributed by atoms with Crippen molar-refractivity contribution in [3.63, 3.8) is 0 Å². The molecule has 2 aromatic rings. The average Bonchev–Trinajstić information content (AvgIpc) is 2.41. The van der Waals surface area contributed by atoms with E-state index in [4.69, 9.17) is 10.5 Å². The summed E-state index contributed by atoms with van der Waals surface area (Å²) in [5, 5.41) is 0. The second kappa shape index (κ2) is 6.01. The van der Waals surface area contributed by atoms with Crippen LogP contribution in [0.2, 0.25) is 0 Å². The molecule has 0 heterocycles. The molecule has 0 spiro atoms. The molecule has 1 unspecified atom stereocenters. The van der Waals surface area contributed by atoms with E-state index in [1.54, 1.807) is 31.2 Å². The lowest BCUT2D eigenvalue weighted by atomic mass is 9.95. The van der Waals surface area contributed by atoms with E-state index in [9.17, 15) is 8.78 Å². The third-order valence-corrected chi connectivity index (χ3v) is 3.33. The quantitative estimate of drug-likeness (QED) is 0.928. The summed E-state index contributed by atoms with van der Waals surface area (Å²) in [6.45, 7) is 1.79. The number of aryl methyl sites for hydroxylation is 1. The first kappa shape index (κ1) is 14.5. The minimum absolute atomic E-state index is 0.200. The predicted molar refractivity (Wildman–Crippen MR) is 74.7 cm³/mol. The van der Waals surface area contributed by atoms with Gasteiger partial charge >= 0.3 is 0 Å². The Morgan fingerprint density at radius 3 is 2.60 bits per heavy atom. The van der Waals surface area contributed by atoms with E-state index in [1.165, 1.54) is 19.2 Å². The number of methoxy groups -OCH3 is 1. The van der Waals surface area contributed by atoms with Crippen LogP contribution in [0, 0.1) is 18.6 Å². The van der Waals surface area contributed by atoms with Crippen molar-refractivity contribution in [2.45, 2.75) is 19.4 Å². The van der Waals surface area contributed by atoms with Crippen LogP contribution in [0.15, 0.2) is 36.4 Å². The molecule has 0 saturated carbocycles. The standard InChI is InChI=1S/C16H17F2NO/c1-10-8-12(17)6-7-13(10)14(19)9-11-4-3-5-15(20-2)16(11)18/h3-8,14H,9,19H2,1-2H3. The fourth-order valence-corrected chi connectivity index (χ4v) is 2.27. The molecule has 20 heavy (non-hydrogen) atoms. The van der Waals surface area contributed by atoms with Crippen LogP contribution in [-0.4, -0.2) is 7.11 Å². The lowest BCUT2D eigenvalue weighted by Crippen LogP contribution is -2.15. The van der Waals surface area contributed by atoms with Gasteiger partial charge in [-0.15, -0.1) is 0 Å². The zero-order valence-electron chi connectivity index (χ0n) is 11.5. The number of nitrogens with two attached hydrogens (primary N) is 1. The lowest BCUT2D eigenvalue weighted by molar-refractivity contribution is 0.383. The van der Waals surface area contributed by atoms with E-state index in [0.29, 0.717) is 12.0 Å². The predicted octanol–water partition coefficient (Wildman–Crippen LogP) is 3.52. The van der Waals surface area contributed by atoms with Crippen molar-refractivity contribution >= 4 is 0 Å². The van der Waals surface area contributed by atoms with E-state index in [-0.39, 0.29) is 11.6 Å². The zero-order valence-corrected chi connectivity index (χ0v) is 11.5. The van der Waals surface area contributed by atoms with Gasteiger partial charge in [0.15, 0.2) is 11.6 Å². The first-order valence-electron chi connectivity index (χ1n) is 6.36. The summed E-state index contributed by atoms with van der Waals surface area (Å²) < 4.78 is 32.1. The molecule has 2 aromatic carbocycles. The van der Waals surface area contributed by atoms with E-state index in [1.807, 2.05) is 0 Å². The minimum atomic E-state index is -0.398. The molecule has 0 fully saturated rings. The van der Waals surface area contributed by atoms with Crippen molar-refractivity contribution in [2.75, 3.05) is 7.11 Å². The van der Waals surface area contributed by atoms with Crippen LogP contribution in [0.4, 0.5) is 8.78 Å². The number of rotatable bonds is 4. The van der Waals surface area contributed by atoms with Crippen LogP contribution >= 0.6 is 0 Å². The molecule has 0 radical (unpaired) electrons. The molecular weight excluding hydrogens is 260 g/mol. The highest BCUT2D eigenvalue weighted by atomic mass is 19.1. The fraction of sp³-hybridized carbons (Fsp3) is 0.250. The first-order chi connectivity index (χ1) is 9.52. The van der Waals surface area contributed by atoms with Gasteiger partial charge in [-0.05, 0) is 48.2 Å². The van der Waals surface area contributed by atoms with Crippen molar-refractivity contribution < 1.29 is 13.5 Å². The normalized spacial score (nSPS) is 12.2. The Morgan fingerprint density at radius 2 is 1.95 bits per heavy atom. The molecule has 0 aliphatic heterocycles. The topological polar surface area (TPSA) is 35.2 Å². The molecule has 2 nitrogen and oxygen atoms in total. The van der Waals surface area contributed by atoms with Gasteiger partial charge in [-0.3, -0.25) is 0 Å². The monoisotopic (exact) mass is 277 g/mol. The van der Waals surface area contributed by atoms with Crippen molar-refractivity contribution in [2.24, 2.45) is 5.73 Å². The van der Waals surface area contributed by atoms with Gasteiger partial charge in [0.05, 0.1) is 7.11 Å². The van der Waals surface area contributed by atoms with E-state index in [0.717, 1.165) is 11.1 Å². The van der Waals surface area contributed by atoms with Gasteiger partial charge in [-0.2, -0.15) is 0 Å². The SMILES string of the molecule is COc1cccc(CC(N)c2ccc(F)cc2C)c1F. The van der Waals surface area contributed by atoms with Gasteiger partial charge < -0.3 is 10.5 Å². The molecule has 4 heteroatoms. The second-order valence-corrected chi connectivity index (χ2v) is 4.74. The Kier molecular flexibility index (Phi) is 4.35. The maximum atomic E-state index is 14.1. The van der Waals surface area contributed by atoms with Crippen LogP contribution in [0.1, 0.15) is 22.7 Å². The third-order valence-electron chi connectivity index (χ3n) is 3.33. The molecule has 0 aliphatic rings. The smallest absolute Gasteiger partial charge is 0.168 e. The molecule has 106 valence electrons. The Morgan fingerprint density at radius 1 is 1.20 bits per heavy atom. The fourth-order valence-electron chi connectivity index (χ4n) is 2.27. The largest absolute Gasteiger partial charge is 0.494 e. The van der Waals surface area contributed by atoms with Crippen molar-refractivity contribution in [3.8, 4) is 5.75 Å². The number of hydrogen-bond donors (Lipinski definition) is 1. The van der Waals surface area contributed by atoms with Gasteiger partial charge in [0.1, 0.15) is 5.82 Å². The van der Waals surface area contributed by atoms with E-state index in [2.05, 4.69) is 0 Å². The third kappa shape index (κ3) is 2.96. The highest BCUT2D eigenvalue weighted by Crippen LogP contribution is 2.25. The average molecular weight is 277 g/mol. The van der Waals surface area contributed by atoms with Crippen molar-refractivity contribution in [3.05, 3.63) is 64.7 Å². The number of hydrogen-bond acceptors (Lipinski definition) is 2. The Labute approximate surface area is 117 Å². The van der Waals surface area contributed by atoms with Crippen molar-refractivity contribution in [1.29, 1.82) is 0 Å². The van der Waals surface area contributed by atoms with Crippen LogP contribution in [-0.2, 0) is 6.42 Å². The van der Waals surface area contributed by atoms with Crippen LogP contribution < -0.4 is 10.5 Å². The maximum absolute atomic E-state index is 14.1. The first-order valence-corrected chi connectivity index (χ1v) is 6.36. The summed E-state index contributed by atoms with van der Waals surface area (Å²) in [6, 6.07) is 9.01. The summed E-state index contributed by atoms with van der Waals surface area (Å²) in [5.74, 6) is -0.498. The molecule has 0 amide bonds. The van der Waals surface area contributed by atoms with E-state index >= 15 is 0 Å². The highest BCUT2D eigenvalue weighted by Gasteiger charge is 2.15. The summed E-state index contributed by atoms with van der Waals surface area (Å²) in [6.07, 6.45) is 0.329. The number of halogens is 2. The number of ether oxygens (including phenoxy) is 1. The molecule has 1 atom stereocenters. The molecule has 2 N–H and O–H groups in total. The molecule has 2 rings (SSSR count). The van der Waals surface area contributed by atoms with E-state index < -0.39 is 11.9 Å². The van der Waals surface area contributed by atoms with Gasteiger partial charge in [0.2, 0.25) is 0 Å². The Bertz CT molecular complexity index is 613. The molecular formula is C16H17F2NO. The van der Waals surface area contributed by atoms with Crippen LogP contribution in [0.25, 0.3) is 0 Å². The maximum Gasteiger partial charge on any atom is 0.168 e. The van der Waals surface area contributed by atoms with Gasteiger partial charge in [0, 0.05) is 6.04 Å². The minimum Gasteiger partial charge on any atom is -0.494 e. The summed E-state index contributed by atoms with van der Waals surface area (Å²) >= 11 is 0. The lowest BCUT2D eigenvalue weighted by Gasteiger charge is -2.16. The molecule has 0 aromatic heterocycles. The highest BCUT2D eigenvalue weighted by molar-refractivity contribution is 5.34. The Hall–Kier alpha value is -1.94. The van der Waals surface area contributed by atoms with Crippen LogP contribution in [0.5, 0.6) is 5.75 Å². The van der Waals surface area contributed by atoms with Gasteiger partial charge in [0.25, 0.3) is 0 Å². The van der Waals surface area contributed by atoms with Gasteiger partial charge in [-0.1, -0.05) is 18.2 Å².